The summed E-state index contributed by atoms with van der Waals surface area (Å²) in [5.41, 5.74) is 2.58. The van der Waals surface area contributed by atoms with Crippen LogP contribution in [0.3, 0.4) is 0 Å². The van der Waals surface area contributed by atoms with Crippen molar-refractivity contribution in [3.8, 4) is 0 Å². The Bertz CT molecular complexity index is 1120. The number of aromatic amines is 1. The van der Waals surface area contributed by atoms with Gasteiger partial charge in [-0.15, -0.1) is 0 Å². The first-order valence-electron chi connectivity index (χ1n) is 10.00. The predicted molar refractivity (Wildman–Crippen MR) is 99.7 cm³/mol. The van der Waals surface area contributed by atoms with Gasteiger partial charge in [-0.1, -0.05) is 0 Å². The fourth-order valence-corrected chi connectivity index (χ4v) is 4.98. The van der Waals surface area contributed by atoms with Crippen LogP contribution in [0, 0.1) is 11.8 Å². The third-order valence-corrected chi connectivity index (χ3v) is 6.56. The van der Waals surface area contributed by atoms with Crippen LogP contribution in [0.5, 0.6) is 0 Å². The van der Waals surface area contributed by atoms with Crippen LogP contribution in [0.15, 0.2) is 9.59 Å². The maximum Gasteiger partial charge on any atom is 0.393 e. The van der Waals surface area contributed by atoms with Gasteiger partial charge in [0.1, 0.15) is 6.17 Å². The van der Waals surface area contributed by atoms with E-state index in [1.807, 2.05) is 4.98 Å². The summed E-state index contributed by atoms with van der Waals surface area (Å²) >= 11 is 0. The van der Waals surface area contributed by atoms with E-state index in [1.54, 1.807) is 0 Å². The van der Waals surface area contributed by atoms with E-state index in [2.05, 4.69) is 0 Å². The highest BCUT2D eigenvalue weighted by Crippen LogP contribution is 2.41. The number of nitrogens with zero attached hydrogens (tertiary/aromatic N) is 2. The number of hydrogen-bond donors (Lipinski definition) is 2. The number of rotatable bonds is 4. The molecule has 0 bridgehead atoms. The lowest BCUT2D eigenvalue weighted by Gasteiger charge is -2.35. The van der Waals surface area contributed by atoms with Crippen molar-refractivity contribution in [1.29, 1.82) is 0 Å². The first-order chi connectivity index (χ1) is 14.5. The van der Waals surface area contributed by atoms with E-state index in [1.165, 1.54) is 16.4 Å². The molecule has 0 aromatic carbocycles. The van der Waals surface area contributed by atoms with Crippen molar-refractivity contribution >= 4 is 11.1 Å². The molecule has 4 rings (SSSR count). The number of nitrogens with one attached hydrogen (secondary N) is 1. The Morgan fingerprint density at radius 1 is 1.19 bits per heavy atom. The Morgan fingerprint density at radius 3 is 2.32 bits per heavy atom. The minimum absolute atomic E-state index is 0.0978. The van der Waals surface area contributed by atoms with Gasteiger partial charge in [-0.05, 0) is 37.8 Å². The number of fused-ring (bicyclic) bond motifs is 1. The quantitative estimate of drug-likeness (QED) is 0.642. The Morgan fingerprint density at radius 2 is 1.84 bits per heavy atom. The number of nitrogens with two attached hydrogens (primary N) is 1. The molecule has 4 atom stereocenters. The van der Waals surface area contributed by atoms with Crippen LogP contribution < -0.4 is 27.6 Å². The van der Waals surface area contributed by atoms with Gasteiger partial charge in [0, 0.05) is 24.7 Å². The summed E-state index contributed by atoms with van der Waals surface area (Å²) < 4.78 is 84.9. The van der Waals surface area contributed by atoms with E-state index >= 15 is 4.39 Å². The molecule has 3 aliphatic rings. The molecule has 0 amide bonds. The van der Waals surface area contributed by atoms with E-state index in [4.69, 9.17) is 5.73 Å². The number of likely N-dealkylation sites (tertiary alicyclic amines) is 1. The molecular weight excluding hydrogens is 430 g/mol. The van der Waals surface area contributed by atoms with Gasteiger partial charge < -0.3 is 5.73 Å². The molecule has 12 heteroatoms. The number of hydrogen-bond acceptors (Lipinski definition) is 4. The molecule has 1 aromatic rings. The standard InChI is InChI=1S/C19H22F6N4O2/c1-7-14-12(17(30)27-18(31)29(14)9-2-3-9)11(16(21)22)13(20)15(7)28-5-8(4-26)10(6-28)19(23,24)25/h8-10,13,15-16H,2-6,26H2,1H3,(H,27,30,31). The molecule has 2 fully saturated rings. The van der Waals surface area contributed by atoms with Crippen LogP contribution in [0.25, 0.3) is 11.1 Å². The van der Waals surface area contributed by atoms with E-state index in [0.29, 0.717) is 12.8 Å². The summed E-state index contributed by atoms with van der Waals surface area (Å²) in [5.74, 6) is -2.83. The van der Waals surface area contributed by atoms with E-state index in [0.717, 1.165) is 0 Å². The van der Waals surface area contributed by atoms with Crippen LogP contribution in [-0.2, 0) is 0 Å². The van der Waals surface area contributed by atoms with Crippen molar-refractivity contribution in [2.45, 2.75) is 50.6 Å². The second-order valence-electron chi connectivity index (χ2n) is 8.47. The lowest BCUT2D eigenvalue weighted by molar-refractivity contribution is -0.179. The third-order valence-electron chi connectivity index (χ3n) is 6.56. The molecule has 3 N–H and O–H groups in total. The molecule has 4 unspecified atom stereocenters. The molecule has 0 radical (unpaired) electrons. The van der Waals surface area contributed by atoms with Crippen LogP contribution >= 0.6 is 0 Å². The average Bonchev–Trinajstić information content (AvgIpc) is 3.39. The van der Waals surface area contributed by atoms with Crippen molar-refractivity contribution in [2.75, 3.05) is 19.6 Å². The molecule has 2 aliphatic carbocycles. The van der Waals surface area contributed by atoms with E-state index in [-0.39, 0.29) is 30.1 Å². The summed E-state index contributed by atoms with van der Waals surface area (Å²) in [7, 11) is 0. The topological polar surface area (TPSA) is 84.1 Å². The Labute approximate surface area is 172 Å². The SMILES string of the molecule is CC1=c2c(c(=O)[nH]c(=O)n2C2CC2)=C(C(F)F)C(F)C1N1CC(CN)C(C(F)(F)F)C1. The van der Waals surface area contributed by atoms with Crippen molar-refractivity contribution in [3.05, 3.63) is 31.4 Å². The first-order valence-corrected chi connectivity index (χ1v) is 10.00. The molecule has 1 saturated carbocycles. The number of aromatic nitrogens is 2. The number of halogens is 6. The van der Waals surface area contributed by atoms with Gasteiger partial charge in [0.25, 0.3) is 12.0 Å². The maximum absolute atomic E-state index is 15.5. The van der Waals surface area contributed by atoms with Crippen molar-refractivity contribution in [3.63, 3.8) is 0 Å². The zero-order valence-corrected chi connectivity index (χ0v) is 16.6. The maximum atomic E-state index is 15.5. The Kier molecular flexibility index (Phi) is 5.36. The van der Waals surface area contributed by atoms with Gasteiger partial charge in [0.2, 0.25) is 0 Å². The minimum atomic E-state index is -4.58. The molecule has 172 valence electrons. The highest BCUT2D eigenvalue weighted by atomic mass is 19.4. The molecule has 0 spiro atoms. The fraction of sp³-hybridized carbons (Fsp3) is 0.684. The van der Waals surface area contributed by atoms with E-state index < -0.39 is 65.2 Å². The summed E-state index contributed by atoms with van der Waals surface area (Å²) in [6.07, 6.45) is -9.18. The Balaban J connectivity index is 1.95. The number of H-pyrrole nitrogens is 1. The highest BCUT2D eigenvalue weighted by Gasteiger charge is 2.52. The average molecular weight is 452 g/mol. The molecule has 6 nitrogen and oxygen atoms in total. The molecule has 2 heterocycles. The predicted octanol–water partition coefficient (Wildman–Crippen LogP) is 0.247. The zero-order chi connectivity index (χ0) is 22.8. The van der Waals surface area contributed by atoms with Gasteiger partial charge in [0.15, 0.2) is 0 Å². The van der Waals surface area contributed by atoms with Crippen LogP contribution in [0.2, 0.25) is 0 Å². The van der Waals surface area contributed by atoms with Gasteiger partial charge in [-0.2, -0.15) is 13.2 Å². The summed E-state index contributed by atoms with van der Waals surface area (Å²) in [6, 6.07) is -1.79. The molecule has 1 aliphatic heterocycles. The monoisotopic (exact) mass is 452 g/mol. The largest absolute Gasteiger partial charge is 0.393 e. The van der Waals surface area contributed by atoms with Gasteiger partial charge >= 0.3 is 11.9 Å². The normalized spacial score (nSPS) is 29.7. The highest BCUT2D eigenvalue weighted by molar-refractivity contribution is 5.65. The minimum Gasteiger partial charge on any atom is -0.330 e. The van der Waals surface area contributed by atoms with Crippen molar-refractivity contribution in [1.82, 2.24) is 14.5 Å². The van der Waals surface area contributed by atoms with Crippen LogP contribution in [0.4, 0.5) is 26.3 Å². The lowest BCUT2D eigenvalue weighted by atomic mass is 9.89. The van der Waals surface area contributed by atoms with Crippen molar-refractivity contribution in [2.24, 2.45) is 17.6 Å². The van der Waals surface area contributed by atoms with E-state index in [9.17, 15) is 31.5 Å². The van der Waals surface area contributed by atoms with Crippen LogP contribution in [0.1, 0.15) is 25.8 Å². The summed E-state index contributed by atoms with van der Waals surface area (Å²) in [5, 5.41) is -0.699. The van der Waals surface area contributed by atoms with Gasteiger partial charge in [-0.25, -0.2) is 18.0 Å². The number of alkyl halides is 6. The zero-order valence-electron chi connectivity index (χ0n) is 16.6. The van der Waals surface area contributed by atoms with Crippen LogP contribution in [-0.4, -0.2) is 58.9 Å². The summed E-state index contributed by atoms with van der Waals surface area (Å²) in [4.78, 5) is 28.0. The smallest absolute Gasteiger partial charge is 0.330 e. The second-order valence-corrected chi connectivity index (χ2v) is 8.47. The molecule has 31 heavy (non-hydrogen) atoms. The third kappa shape index (κ3) is 3.53. The molecular formula is C19H22F6N4O2. The molecule has 1 aromatic heterocycles. The van der Waals surface area contributed by atoms with Gasteiger partial charge in [0.05, 0.1) is 22.5 Å². The first kappa shape index (κ1) is 22.1. The summed E-state index contributed by atoms with van der Waals surface area (Å²) in [6.45, 7) is 0.259. The second kappa shape index (κ2) is 7.51. The van der Waals surface area contributed by atoms with Crippen molar-refractivity contribution < 1.29 is 26.3 Å². The Hall–Kier alpha value is -2.08. The fourth-order valence-electron chi connectivity index (χ4n) is 4.98. The molecule has 1 saturated heterocycles. The van der Waals surface area contributed by atoms with Gasteiger partial charge in [-0.3, -0.25) is 19.2 Å². The lowest BCUT2D eigenvalue weighted by Crippen LogP contribution is -2.62.